The number of nitrogens with zero attached hydrogens (tertiary/aromatic N) is 2. The molecular weight excluding hydrogens is 218 g/mol. The molecule has 0 radical (unpaired) electrons. The van der Waals surface area contributed by atoms with Gasteiger partial charge in [0.2, 0.25) is 5.91 Å². The van der Waals surface area contributed by atoms with Crippen molar-refractivity contribution >= 4 is 11.9 Å². The summed E-state index contributed by atoms with van der Waals surface area (Å²) < 4.78 is 0. The molecule has 0 bridgehead atoms. The van der Waals surface area contributed by atoms with Gasteiger partial charge in [0, 0.05) is 39.1 Å². The smallest absolute Gasteiger partial charge is 0.317 e. The minimum absolute atomic E-state index is 0.0246. The van der Waals surface area contributed by atoms with Crippen LogP contribution in [0.5, 0.6) is 0 Å². The van der Waals surface area contributed by atoms with Crippen molar-refractivity contribution in [1.82, 2.24) is 15.1 Å². The molecule has 98 valence electrons. The molecule has 0 aromatic carbocycles. The molecule has 3 amide bonds. The molecule has 0 aromatic rings. The third-order valence-corrected chi connectivity index (χ3v) is 2.83. The molecule has 17 heavy (non-hydrogen) atoms. The second-order valence-corrected chi connectivity index (χ2v) is 4.80. The Morgan fingerprint density at radius 3 is 2.12 bits per heavy atom. The van der Waals surface area contributed by atoms with Gasteiger partial charge < -0.3 is 15.1 Å². The Morgan fingerprint density at radius 2 is 1.65 bits per heavy atom. The Balaban J connectivity index is 2.35. The van der Waals surface area contributed by atoms with Gasteiger partial charge in [0.15, 0.2) is 0 Å². The summed E-state index contributed by atoms with van der Waals surface area (Å²) in [6.45, 7) is 9.22. The van der Waals surface area contributed by atoms with E-state index in [1.807, 2.05) is 25.7 Å². The average molecular weight is 241 g/mol. The first-order chi connectivity index (χ1) is 8.04. The largest absolute Gasteiger partial charge is 0.339 e. The minimum Gasteiger partial charge on any atom is -0.339 e. The highest BCUT2D eigenvalue weighted by atomic mass is 16.2. The maximum atomic E-state index is 11.8. The lowest BCUT2D eigenvalue weighted by Gasteiger charge is -2.35. The zero-order valence-corrected chi connectivity index (χ0v) is 11.0. The third-order valence-electron chi connectivity index (χ3n) is 2.83. The fourth-order valence-corrected chi connectivity index (χ4v) is 1.90. The summed E-state index contributed by atoms with van der Waals surface area (Å²) in [4.78, 5) is 27.0. The quantitative estimate of drug-likeness (QED) is 0.798. The molecule has 1 N–H and O–H groups in total. The van der Waals surface area contributed by atoms with Crippen LogP contribution >= 0.6 is 0 Å². The van der Waals surface area contributed by atoms with Crippen molar-refractivity contribution in [3.8, 4) is 0 Å². The Labute approximate surface area is 103 Å². The Kier molecular flexibility index (Phi) is 5.25. The molecule has 0 spiro atoms. The van der Waals surface area contributed by atoms with E-state index in [4.69, 9.17) is 0 Å². The zero-order valence-electron chi connectivity index (χ0n) is 11.0. The Morgan fingerprint density at radius 1 is 1.12 bits per heavy atom. The van der Waals surface area contributed by atoms with Crippen LogP contribution in [-0.2, 0) is 4.79 Å². The van der Waals surface area contributed by atoms with Crippen molar-refractivity contribution in [2.24, 2.45) is 5.92 Å². The van der Waals surface area contributed by atoms with Crippen molar-refractivity contribution in [1.29, 1.82) is 0 Å². The monoisotopic (exact) mass is 241 g/mol. The van der Waals surface area contributed by atoms with E-state index in [1.54, 1.807) is 4.90 Å². The van der Waals surface area contributed by atoms with Gasteiger partial charge in [0.05, 0.1) is 0 Å². The van der Waals surface area contributed by atoms with Crippen LogP contribution in [0, 0.1) is 5.92 Å². The van der Waals surface area contributed by atoms with E-state index in [0.717, 1.165) is 0 Å². The molecular formula is C12H23N3O2. The highest BCUT2D eigenvalue weighted by molar-refractivity contribution is 5.77. The standard InChI is InChI=1S/C12H23N3O2/c1-4-13-12(17)15-7-5-14(6-8-15)11(16)9-10(2)3/h10H,4-9H2,1-3H3,(H,13,17). The van der Waals surface area contributed by atoms with Crippen LogP contribution < -0.4 is 5.32 Å². The number of piperazine rings is 1. The number of rotatable bonds is 3. The predicted molar refractivity (Wildman–Crippen MR) is 66.7 cm³/mol. The van der Waals surface area contributed by atoms with Gasteiger partial charge in [-0.1, -0.05) is 13.8 Å². The second-order valence-electron chi connectivity index (χ2n) is 4.80. The van der Waals surface area contributed by atoms with Crippen LogP contribution in [0.3, 0.4) is 0 Å². The van der Waals surface area contributed by atoms with E-state index in [-0.39, 0.29) is 11.9 Å². The molecule has 0 unspecified atom stereocenters. The molecule has 1 aliphatic rings. The van der Waals surface area contributed by atoms with Crippen molar-refractivity contribution in [3.05, 3.63) is 0 Å². The van der Waals surface area contributed by atoms with Crippen LogP contribution in [0.1, 0.15) is 27.2 Å². The summed E-state index contributed by atoms with van der Waals surface area (Å²) in [5.74, 6) is 0.597. The minimum atomic E-state index is -0.0246. The van der Waals surface area contributed by atoms with Crippen molar-refractivity contribution in [2.45, 2.75) is 27.2 Å². The number of nitrogens with one attached hydrogen (secondary N) is 1. The molecule has 1 heterocycles. The maximum absolute atomic E-state index is 11.8. The van der Waals surface area contributed by atoms with Gasteiger partial charge in [-0.25, -0.2) is 4.79 Å². The van der Waals surface area contributed by atoms with Gasteiger partial charge in [-0.15, -0.1) is 0 Å². The normalized spacial score (nSPS) is 16.2. The highest BCUT2D eigenvalue weighted by Gasteiger charge is 2.23. The van der Waals surface area contributed by atoms with E-state index < -0.39 is 0 Å². The lowest BCUT2D eigenvalue weighted by molar-refractivity contribution is -0.133. The summed E-state index contributed by atoms with van der Waals surface area (Å²) in [6.07, 6.45) is 0.598. The first-order valence-electron chi connectivity index (χ1n) is 6.35. The summed E-state index contributed by atoms with van der Waals surface area (Å²) >= 11 is 0. The number of urea groups is 1. The number of hydrogen-bond donors (Lipinski definition) is 1. The first kappa shape index (κ1) is 13.8. The van der Waals surface area contributed by atoms with Gasteiger partial charge in [-0.05, 0) is 12.8 Å². The second kappa shape index (κ2) is 6.47. The fraction of sp³-hybridized carbons (Fsp3) is 0.833. The van der Waals surface area contributed by atoms with Crippen molar-refractivity contribution in [3.63, 3.8) is 0 Å². The zero-order chi connectivity index (χ0) is 12.8. The van der Waals surface area contributed by atoms with Crippen molar-refractivity contribution < 1.29 is 9.59 Å². The molecule has 1 rings (SSSR count). The topological polar surface area (TPSA) is 52.7 Å². The Hall–Kier alpha value is -1.26. The number of carbonyl (C=O) groups is 2. The van der Waals surface area contributed by atoms with E-state index in [9.17, 15) is 9.59 Å². The summed E-state index contributed by atoms with van der Waals surface area (Å²) in [6, 6.07) is -0.0246. The number of carbonyl (C=O) groups excluding carboxylic acids is 2. The summed E-state index contributed by atoms with van der Waals surface area (Å²) in [5, 5.41) is 2.78. The van der Waals surface area contributed by atoms with Crippen LogP contribution in [0.15, 0.2) is 0 Å². The summed E-state index contributed by atoms with van der Waals surface area (Å²) in [7, 11) is 0. The highest BCUT2D eigenvalue weighted by Crippen LogP contribution is 2.08. The van der Waals surface area contributed by atoms with Crippen LogP contribution in [0.4, 0.5) is 4.79 Å². The van der Waals surface area contributed by atoms with Crippen molar-refractivity contribution in [2.75, 3.05) is 32.7 Å². The molecule has 0 atom stereocenters. The SMILES string of the molecule is CCNC(=O)N1CCN(C(=O)CC(C)C)CC1. The molecule has 0 aromatic heterocycles. The van der Waals surface area contributed by atoms with E-state index in [1.165, 1.54) is 0 Å². The van der Waals surface area contributed by atoms with Gasteiger partial charge in [0.1, 0.15) is 0 Å². The van der Waals surface area contributed by atoms with E-state index in [0.29, 0.717) is 45.1 Å². The molecule has 1 saturated heterocycles. The van der Waals surface area contributed by atoms with Gasteiger partial charge in [-0.2, -0.15) is 0 Å². The first-order valence-corrected chi connectivity index (χ1v) is 6.35. The average Bonchev–Trinajstić information content (AvgIpc) is 2.28. The molecule has 5 heteroatoms. The van der Waals surface area contributed by atoms with Gasteiger partial charge >= 0.3 is 6.03 Å². The number of hydrogen-bond acceptors (Lipinski definition) is 2. The molecule has 0 saturated carbocycles. The molecule has 1 fully saturated rings. The van der Waals surface area contributed by atoms with E-state index in [2.05, 4.69) is 5.32 Å². The predicted octanol–water partition coefficient (Wildman–Crippen LogP) is 0.906. The Bertz CT molecular complexity index is 271. The van der Waals surface area contributed by atoms with Crippen LogP contribution in [-0.4, -0.2) is 54.5 Å². The summed E-state index contributed by atoms with van der Waals surface area (Å²) in [5.41, 5.74) is 0. The number of amides is 3. The lowest BCUT2D eigenvalue weighted by Crippen LogP contribution is -2.53. The van der Waals surface area contributed by atoms with Crippen LogP contribution in [0.2, 0.25) is 0 Å². The maximum Gasteiger partial charge on any atom is 0.317 e. The van der Waals surface area contributed by atoms with E-state index >= 15 is 0 Å². The molecule has 5 nitrogen and oxygen atoms in total. The molecule has 1 aliphatic heterocycles. The lowest BCUT2D eigenvalue weighted by atomic mass is 10.1. The third kappa shape index (κ3) is 4.24. The fourth-order valence-electron chi connectivity index (χ4n) is 1.90. The van der Waals surface area contributed by atoms with Crippen LogP contribution in [0.25, 0.3) is 0 Å². The van der Waals surface area contributed by atoms with Gasteiger partial charge in [0.25, 0.3) is 0 Å². The van der Waals surface area contributed by atoms with Gasteiger partial charge in [-0.3, -0.25) is 4.79 Å². The molecule has 0 aliphatic carbocycles.